The van der Waals surface area contributed by atoms with Gasteiger partial charge in [0.1, 0.15) is 0 Å². The van der Waals surface area contributed by atoms with Crippen molar-refractivity contribution in [3.05, 3.63) is 18.2 Å². The third kappa shape index (κ3) is 3.48. The molecule has 4 N–H and O–H groups in total. The highest BCUT2D eigenvalue weighted by molar-refractivity contribution is 7.89. The number of hydrogen-bond acceptors (Lipinski definition) is 5. The second kappa shape index (κ2) is 5.47. The Morgan fingerprint density at radius 1 is 1.14 bits per heavy atom. The summed E-state index contributed by atoms with van der Waals surface area (Å²) in [6, 6.07) is 4.73. The molecule has 2 aliphatic rings. The molecule has 3 rings (SSSR count). The van der Waals surface area contributed by atoms with Crippen LogP contribution >= 0.6 is 0 Å². The van der Waals surface area contributed by atoms with Crippen LogP contribution in [0.1, 0.15) is 12.8 Å². The van der Waals surface area contributed by atoms with Gasteiger partial charge in [0, 0.05) is 32.7 Å². The minimum absolute atomic E-state index is 0.0659. The molecule has 6 nitrogen and oxygen atoms in total. The summed E-state index contributed by atoms with van der Waals surface area (Å²) >= 11 is 0. The number of nitrogens with zero attached hydrogens (tertiary/aromatic N) is 2. The summed E-state index contributed by atoms with van der Waals surface area (Å²) in [5.74, 6) is 0.913. The Kier molecular flexibility index (Phi) is 3.81. The number of primary sulfonamides is 1. The smallest absolute Gasteiger partial charge is 0.238 e. The maximum Gasteiger partial charge on any atom is 0.238 e. The van der Waals surface area contributed by atoms with E-state index in [1.54, 1.807) is 6.07 Å². The van der Waals surface area contributed by atoms with Gasteiger partial charge in [-0.15, -0.1) is 0 Å². The van der Waals surface area contributed by atoms with E-state index in [4.69, 9.17) is 10.9 Å². The summed E-state index contributed by atoms with van der Waals surface area (Å²) < 4.78 is 22.7. The number of piperazine rings is 1. The molecule has 1 heterocycles. The normalized spacial score (nSPS) is 20.7. The molecule has 1 saturated heterocycles. The fourth-order valence-corrected chi connectivity index (χ4v) is 3.38. The molecule has 1 aromatic rings. The van der Waals surface area contributed by atoms with E-state index in [1.165, 1.54) is 31.5 Å². The molecule has 2 fully saturated rings. The van der Waals surface area contributed by atoms with Gasteiger partial charge in [0.2, 0.25) is 10.0 Å². The van der Waals surface area contributed by atoms with Gasteiger partial charge < -0.3 is 10.6 Å². The predicted molar refractivity (Wildman–Crippen MR) is 83.6 cm³/mol. The van der Waals surface area contributed by atoms with Gasteiger partial charge in [-0.05, 0) is 37.0 Å². The second-order valence-electron chi connectivity index (χ2n) is 6.00. The monoisotopic (exact) mass is 310 g/mol. The zero-order chi connectivity index (χ0) is 15.0. The third-order valence-electron chi connectivity index (χ3n) is 4.25. The first-order valence-electron chi connectivity index (χ1n) is 7.33. The van der Waals surface area contributed by atoms with Crippen LogP contribution in [0.4, 0.5) is 11.4 Å². The van der Waals surface area contributed by atoms with Crippen LogP contribution in [0.5, 0.6) is 0 Å². The Hall–Kier alpha value is -1.31. The molecule has 116 valence electrons. The SMILES string of the molecule is Nc1cc(S(N)(=O)=O)ccc1N1CCN(CC2CC2)CC1. The second-order valence-corrected chi connectivity index (χ2v) is 7.56. The highest BCUT2D eigenvalue weighted by Gasteiger charge is 2.26. The molecule has 0 spiro atoms. The molecule has 0 bridgehead atoms. The quantitative estimate of drug-likeness (QED) is 0.788. The Balaban J connectivity index is 1.67. The number of anilines is 2. The molecule has 1 aliphatic carbocycles. The van der Waals surface area contributed by atoms with Crippen LogP contribution in [0.15, 0.2) is 23.1 Å². The van der Waals surface area contributed by atoms with E-state index in [0.29, 0.717) is 5.69 Å². The van der Waals surface area contributed by atoms with E-state index < -0.39 is 10.0 Å². The highest BCUT2D eigenvalue weighted by Crippen LogP contribution is 2.31. The molecule has 0 unspecified atom stereocenters. The van der Waals surface area contributed by atoms with Gasteiger partial charge in [-0.2, -0.15) is 0 Å². The molecule has 7 heteroatoms. The van der Waals surface area contributed by atoms with E-state index in [2.05, 4.69) is 9.80 Å². The van der Waals surface area contributed by atoms with E-state index in [-0.39, 0.29) is 4.90 Å². The molecule has 0 aromatic heterocycles. The number of rotatable bonds is 4. The maximum absolute atomic E-state index is 11.3. The first-order chi connectivity index (χ1) is 9.93. The van der Waals surface area contributed by atoms with Crippen LogP contribution < -0.4 is 15.8 Å². The minimum atomic E-state index is -3.69. The molecule has 0 atom stereocenters. The van der Waals surface area contributed by atoms with Gasteiger partial charge in [0.05, 0.1) is 16.3 Å². The van der Waals surface area contributed by atoms with E-state index in [0.717, 1.165) is 37.8 Å². The summed E-state index contributed by atoms with van der Waals surface area (Å²) in [4.78, 5) is 4.78. The van der Waals surface area contributed by atoms with Crippen LogP contribution in [0.25, 0.3) is 0 Å². The van der Waals surface area contributed by atoms with E-state index in [1.807, 2.05) is 0 Å². The lowest BCUT2D eigenvalue weighted by Gasteiger charge is -2.36. The zero-order valence-corrected chi connectivity index (χ0v) is 12.8. The minimum Gasteiger partial charge on any atom is -0.397 e. The summed E-state index contributed by atoms with van der Waals surface area (Å²) in [7, 11) is -3.69. The summed E-state index contributed by atoms with van der Waals surface area (Å²) in [6.07, 6.45) is 2.75. The lowest BCUT2D eigenvalue weighted by molar-refractivity contribution is 0.248. The van der Waals surface area contributed by atoms with Gasteiger partial charge >= 0.3 is 0 Å². The Morgan fingerprint density at radius 3 is 2.33 bits per heavy atom. The molecule has 1 aromatic carbocycles. The molecular formula is C14H22N4O2S. The average Bonchev–Trinajstić information content (AvgIpc) is 3.23. The van der Waals surface area contributed by atoms with E-state index >= 15 is 0 Å². The standard InChI is InChI=1S/C14H22N4O2S/c15-13-9-12(21(16,19)20)3-4-14(13)18-7-5-17(6-8-18)10-11-1-2-11/h3-4,9,11H,1-2,5-8,10,15H2,(H2,16,19,20). The third-order valence-corrected chi connectivity index (χ3v) is 5.16. The van der Waals surface area contributed by atoms with Crippen molar-refractivity contribution < 1.29 is 8.42 Å². The first kappa shape index (κ1) is 14.6. The van der Waals surface area contributed by atoms with Crippen molar-refractivity contribution in [1.29, 1.82) is 0 Å². The number of sulfonamides is 1. The van der Waals surface area contributed by atoms with Gasteiger partial charge in [0.15, 0.2) is 0 Å². The van der Waals surface area contributed by atoms with Crippen LogP contribution in [-0.4, -0.2) is 46.0 Å². The fourth-order valence-electron chi connectivity index (χ4n) is 2.83. The number of benzene rings is 1. The Labute approximate surface area is 125 Å². The highest BCUT2D eigenvalue weighted by atomic mass is 32.2. The largest absolute Gasteiger partial charge is 0.397 e. The fraction of sp³-hybridized carbons (Fsp3) is 0.571. The van der Waals surface area contributed by atoms with Gasteiger partial charge in [-0.1, -0.05) is 0 Å². The average molecular weight is 310 g/mol. The number of nitrogens with two attached hydrogens (primary N) is 2. The van der Waals surface area contributed by atoms with Crippen LogP contribution in [0, 0.1) is 5.92 Å². The van der Waals surface area contributed by atoms with Crippen molar-refractivity contribution in [2.75, 3.05) is 43.4 Å². The van der Waals surface area contributed by atoms with Crippen LogP contribution in [-0.2, 0) is 10.0 Å². The van der Waals surface area contributed by atoms with Gasteiger partial charge in [-0.25, -0.2) is 13.6 Å². The molecule has 1 aliphatic heterocycles. The molecule has 0 radical (unpaired) electrons. The topological polar surface area (TPSA) is 92.7 Å². The summed E-state index contributed by atoms with van der Waals surface area (Å²) in [6.45, 7) is 5.13. The lowest BCUT2D eigenvalue weighted by Crippen LogP contribution is -2.47. The number of hydrogen-bond donors (Lipinski definition) is 2. The van der Waals surface area contributed by atoms with Crippen molar-refractivity contribution in [2.24, 2.45) is 11.1 Å². The zero-order valence-electron chi connectivity index (χ0n) is 12.0. The van der Waals surface area contributed by atoms with Crippen molar-refractivity contribution in [3.63, 3.8) is 0 Å². The lowest BCUT2D eigenvalue weighted by atomic mass is 10.2. The van der Waals surface area contributed by atoms with Crippen LogP contribution in [0.2, 0.25) is 0 Å². The van der Waals surface area contributed by atoms with Crippen molar-refractivity contribution in [1.82, 2.24) is 4.90 Å². The van der Waals surface area contributed by atoms with Crippen molar-refractivity contribution in [3.8, 4) is 0 Å². The maximum atomic E-state index is 11.3. The Bertz CT molecular complexity index is 620. The van der Waals surface area contributed by atoms with Gasteiger partial charge in [0.25, 0.3) is 0 Å². The number of nitrogen functional groups attached to an aromatic ring is 1. The summed E-state index contributed by atoms with van der Waals surface area (Å²) in [5, 5.41) is 5.12. The first-order valence-corrected chi connectivity index (χ1v) is 8.88. The van der Waals surface area contributed by atoms with Crippen molar-refractivity contribution >= 4 is 21.4 Å². The Morgan fingerprint density at radius 2 is 1.81 bits per heavy atom. The summed E-state index contributed by atoms with van der Waals surface area (Å²) in [5.41, 5.74) is 7.37. The van der Waals surface area contributed by atoms with Crippen LogP contribution in [0.3, 0.4) is 0 Å². The van der Waals surface area contributed by atoms with Gasteiger partial charge in [-0.3, -0.25) is 4.90 Å². The van der Waals surface area contributed by atoms with Crippen molar-refractivity contribution in [2.45, 2.75) is 17.7 Å². The predicted octanol–water partition coefficient (Wildman–Crippen LogP) is 0.448. The molecule has 21 heavy (non-hydrogen) atoms. The molecular weight excluding hydrogens is 288 g/mol. The molecule has 1 saturated carbocycles. The van der Waals surface area contributed by atoms with E-state index in [9.17, 15) is 8.42 Å². The molecule has 0 amide bonds.